The average molecular weight is 647 g/mol. The lowest BCUT2D eigenvalue weighted by atomic mass is 9.57. The molecule has 2 aliphatic carbocycles. The third-order valence-corrected chi connectivity index (χ3v) is 9.61. The quantitative estimate of drug-likeness (QED) is 0.253. The standard InChI is InChI=1S/C29H31BrN2O10/c1-42-19-11-13(10-18(30)25(19)37)22-14-6-7-15-23(28(40)31(26(15)38)8-2-4-20(33)34)16(14)12-17-24(22)29(41)32(27(17)39)9-3-5-21(35)36/h6,10-11,15-17,22-24,37H,2-5,7-9,12H2,1H3,(H,33,34)(H,35,36)/t15-,16+,17+,22-,23-,24+/m0/s1. The Balaban J connectivity index is 1.55. The number of allylic oxidation sites excluding steroid dienone is 2. The molecule has 3 fully saturated rings. The first kappa shape index (κ1) is 29.7. The molecular formula is C29H31BrN2O10. The van der Waals surface area contributed by atoms with Crippen molar-refractivity contribution in [3.8, 4) is 11.5 Å². The molecule has 2 heterocycles. The Morgan fingerprint density at radius 3 is 2.02 bits per heavy atom. The number of phenolic OH excluding ortho intramolecular Hbond substituents is 1. The topological polar surface area (TPSA) is 179 Å². The number of hydrogen-bond donors (Lipinski definition) is 3. The van der Waals surface area contributed by atoms with Crippen LogP contribution >= 0.6 is 15.9 Å². The fourth-order valence-corrected chi connectivity index (χ4v) is 7.70. The zero-order valence-corrected chi connectivity index (χ0v) is 24.4. The molecule has 224 valence electrons. The van der Waals surface area contributed by atoms with Gasteiger partial charge in [-0.25, -0.2) is 0 Å². The van der Waals surface area contributed by atoms with E-state index in [1.165, 1.54) is 7.11 Å². The number of amides is 4. The Bertz CT molecular complexity index is 1410. The molecule has 0 spiro atoms. The lowest BCUT2D eigenvalue weighted by Gasteiger charge is -2.44. The third kappa shape index (κ3) is 4.97. The zero-order chi connectivity index (χ0) is 30.5. The van der Waals surface area contributed by atoms with Gasteiger partial charge in [-0.3, -0.25) is 38.6 Å². The third-order valence-electron chi connectivity index (χ3n) is 9.01. The van der Waals surface area contributed by atoms with E-state index in [1.807, 2.05) is 6.08 Å². The number of carbonyl (C=O) groups is 6. The van der Waals surface area contributed by atoms with Crippen LogP contribution in [0.25, 0.3) is 0 Å². The molecule has 1 aromatic carbocycles. The number of nitrogens with zero attached hydrogens (tertiary/aromatic N) is 2. The summed E-state index contributed by atoms with van der Waals surface area (Å²) in [6.07, 6.45) is 2.16. The average Bonchev–Trinajstić information content (AvgIpc) is 3.33. The summed E-state index contributed by atoms with van der Waals surface area (Å²) >= 11 is 3.34. The second kappa shape index (κ2) is 11.5. The van der Waals surface area contributed by atoms with Crippen molar-refractivity contribution in [3.63, 3.8) is 0 Å². The Morgan fingerprint density at radius 2 is 1.45 bits per heavy atom. The van der Waals surface area contributed by atoms with Crippen LogP contribution in [0.2, 0.25) is 0 Å². The van der Waals surface area contributed by atoms with Gasteiger partial charge in [-0.1, -0.05) is 11.6 Å². The lowest BCUT2D eigenvalue weighted by Crippen LogP contribution is -2.43. The van der Waals surface area contributed by atoms with Crippen LogP contribution in [0.4, 0.5) is 0 Å². The molecule has 4 aliphatic rings. The highest BCUT2D eigenvalue weighted by molar-refractivity contribution is 9.10. The number of phenols is 1. The van der Waals surface area contributed by atoms with E-state index in [9.17, 15) is 33.9 Å². The second-order valence-corrected chi connectivity index (χ2v) is 12.1. The van der Waals surface area contributed by atoms with Crippen molar-refractivity contribution in [2.24, 2.45) is 29.6 Å². The minimum absolute atomic E-state index is 0.00855. The maximum absolute atomic E-state index is 13.8. The van der Waals surface area contributed by atoms with Crippen LogP contribution in [0.15, 0.2) is 28.3 Å². The number of hydrogen-bond acceptors (Lipinski definition) is 8. The molecular weight excluding hydrogens is 616 g/mol. The molecule has 1 aromatic rings. The normalized spacial score (nSPS) is 28.4. The van der Waals surface area contributed by atoms with Crippen LogP contribution in [-0.2, 0) is 28.8 Å². The monoisotopic (exact) mass is 646 g/mol. The van der Waals surface area contributed by atoms with Gasteiger partial charge in [0.05, 0.1) is 35.3 Å². The minimum Gasteiger partial charge on any atom is -0.503 e. The molecule has 42 heavy (non-hydrogen) atoms. The summed E-state index contributed by atoms with van der Waals surface area (Å²) in [5.41, 5.74) is 1.35. The molecule has 0 aromatic heterocycles. The lowest BCUT2D eigenvalue weighted by molar-refractivity contribution is -0.143. The van der Waals surface area contributed by atoms with Crippen LogP contribution in [0.1, 0.15) is 50.0 Å². The van der Waals surface area contributed by atoms with E-state index in [1.54, 1.807) is 12.1 Å². The number of benzene rings is 1. The summed E-state index contributed by atoms with van der Waals surface area (Å²) in [5.74, 6) is -7.85. The number of carboxylic acids is 2. The molecule has 0 unspecified atom stereocenters. The number of ether oxygens (including phenoxy) is 1. The Hall–Kier alpha value is -3.74. The van der Waals surface area contributed by atoms with Gasteiger partial charge in [-0.2, -0.15) is 0 Å². The van der Waals surface area contributed by atoms with E-state index in [2.05, 4.69) is 15.9 Å². The van der Waals surface area contributed by atoms with Gasteiger partial charge in [-0.15, -0.1) is 0 Å². The maximum atomic E-state index is 13.8. The van der Waals surface area contributed by atoms with E-state index >= 15 is 0 Å². The molecule has 4 amide bonds. The Kier molecular flexibility index (Phi) is 8.15. The van der Waals surface area contributed by atoms with Crippen molar-refractivity contribution in [3.05, 3.63) is 33.8 Å². The number of likely N-dealkylation sites (tertiary alicyclic amines) is 2. The number of rotatable bonds is 10. The van der Waals surface area contributed by atoms with Gasteiger partial charge in [0.25, 0.3) is 0 Å². The van der Waals surface area contributed by atoms with Crippen molar-refractivity contribution >= 4 is 51.5 Å². The predicted octanol–water partition coefficient (Wildman–Crippen LogP) is 2.53. The molecule has 3 N–H and O–H groups in total. The van der Waals surface area contributed by atoms with E-state index in [4.69, 9.17) is 14.9 Å². The first-order valence-corrected chi connectivity index (χ1v) is 14.7. The fourth-order valence-electron chi connectivity index (χ4n) is 7.24. The van der Waals surface area contributed by atoms with Crippen molar-refractivity contribution in [2.45, 2.75) is 44.4 Å². The number of carboxylic acid groups (broad SMARTS) is 2. The second-order valence-electron chi connectivity index (χ2n) is 11.2. The maximum Gasteiger partial charge on any atom is 0.303 e. The van der Waals surface area contributed by atoms with E-state index in [0.717, 1.165) is 15.4 Å². The molecule has 12 nitrogen and oxygen atoms in total. The van der Waals surface area contributed by atoms with Gasteiger partial charge in [0.1, 0.15) is 0 Å². The predicted molar refractivity (Wildman–Crippen MR) is 147 cm³/mol. The van der Waals surface area contributed by atoms with Crippen molar-refractivity contribution < 1.29 is 48.8 Å². The van der Waals surface area contributed by atoms with Gasteiger partial charge in [-0.05, 0) is 65.2 Å². The molecule has 6 atom stereocenters. The summed E-state index contributed by atoms with van der Waals surface area (Å²) < 4.78 is 5.67. The number of carbonyl (C=O) groups excluding carboxylic acids is 4. The van der Waals surface area contributed by atoms with Crippen molar-refractivity contribution in [1.82, 2.24) is 9.80 Å². The summed E-state index contributed by atoms with van der Waals surface area (Å²) in [6.45, 7) is -0.0534. The first-order valence-electron chi connectivity index (χ1n) is 13.9. The number of halogens is 1. The summed E-state index contributed by atoms with van der Waals surface area (Å²) in [6, 6.07) is 3.25. The smallest absolute Gasteiger partial charge is 0.303 e. The highest BCUT2D eigenvalue weighted by Gasteiger charge is 2.61. The number of methoxy groups -OCH3 is 1. The van der Waals surface area contributed by atoms with Crippen molar-refractivity contribution in [2.75, 3.05) is 20.2 Å². The fraction of sp³-hybridized carbons (Fsp3) is 0.517. The minimum atomic E-state index is -1.04. The van der Waals surface area contributed by atoms with Crippen LogP contribution < -0.4 is 4.74 Å². The molecule has 0 bridgehead atoms. The van der Waals surface area contributed by atoms with Crippen LogP contribution in [0.3, 0.4) is 0 Å². The van der Waals surface area contributed by atoms with Gasteiger partial charge < -0.3 is 20.1 Å². The number of imide groups is 2. The molecule has 13 heteroatoms. The van der Waals surface area contributed by atoms with Gasteiger partial charge in [0.2, 0.25) is 23.6 Å². The number of aromatic hydroxyl groups is 1. The van der Waals surface area contributed by atoms with Gasteiger partial charge >= 0.3 is 11.9 Å². The van der Waals surface area contributed by atoms with Crippen LogP contribution in [0.5, 0.6) is 11.5 Å². The number of fused-ring (bicyclic) bond motifs is 4. The zero-order valence-electron chi connectivity index (χ0n) is 22.8. The Labute approximate surface area is 249 Å². The van der Waals surface area contributed by atoms with Gasteiger partial charge in [0, 0.05) is 31.8 Å². The SMILES string of the molecule is COc1cc([C@H]2C3=CC[C@@H]4C(=O)N(CCCC(=O)O)C(=O)[C@@H]4[C@@H]3C[C@H]3C(=O)N(CCCC(=O)O)C(=O)[C@@H]23)cc(Br)c1O. The summed E-state index contributed by atoms with van der Waals surface area (Å²) in [5, 5.41) is 28.5. The van der Waals surface area contributed by atoms with Gasteiger partial charge in [0.15, 0.2) is 11.5 Å². The largest absolute Gasteiger partial charge is 0.503 e. The molecule has 0 radical (unpaired) electrons. The van der Waals surface area contributed by atoms with E-state index in [0.29, 0.717) is 10.0 Å². The molecule has 2 saturated heterocycles. The van der Waals surface area contributed by atoms with Crippen LogP contribution in [-0.4, -0.2) is 80.9 Å². The first-order chi connectivity index (χ1) is 20.0. The summed E-state index contributed by atoms with van der Waals surface area (Å²) in [4.78, 5) is 78.8. The molecule has 1 saturated carbocycles. The van der Waals surface area contributed by atoms with Crippen molar-refractivity contribution in [1.29, 1.82) is 0 Å². The highest BCUT2D eigenvalue weighted by atomic mass is 79.9. The Morgan fingerprint density at radius 1 is 0.881 bits per heavy atom. The summed E-state index contributed by atoms with van der Waals surface area (Å²) in [7, 11) is 1.39. The highest BCUT2D eigenvalue weighted by Crippen LogP contribution is 2.58. The molecule has 2 aliphatic heterocycles. The molecule has 5 rings (SSSR count). The van der Waals surface area contributed by atoms with E-state index in [-0.39, 0.29) is 69.0 Å². The van der Waals surface area contributed by atoms with E-state index < -0.39 is 65.2 Å². The number of aliphatic carboxylic acids is 2. The van der Waals surface area contributed by atoms with Crippen LogP contribution in [0, 0.1) is 29.6 Å².